The Morgan fingerprint density at radius 2 is 2.14 bits per heavy atom. The van der Waals surface area contributed by atoms with Crippen LogP contribution in [0.2, 0.25) is 0 Å². The zero-order chi connectivity index (χ0) is 15.6. The van der Waals surface area contributed by atoms with Crippen molar-refractivity contribution in [2.45, 2.75) is 25.8 Å². The fourth-order valence-electron chi connectivity index (χ4n) is 1.80. The van der Waals surface area contributed by atoms with Gasteiger partial charge in [0.1, 0.15) is 10.9 Å². The van der Waals surface area contributed by atoms with Crippen molar-refractivity contribution in [2.24, 2.45) is 0 Å². The average Bonchev–Trinajstić information content (AvgIpc) is 2.95. The van der Waals surface area contributed by atoms with Crippen LogP contribution in [0.15, 0.2) is 6.07 Å². The molecule has 1 unspecified atom stereocenters. The van der Waals surface area contributed by atoms with Gasteiger partial charge >= 0.3 is 5.97 Å². The van der Waals surface area contributed by atoms with Gasteiger partial charge in [-0.05, 0) is 12.5 Å². The fourth-order valence-corrected chi connectivity index (χ4v) is 3.84. The lowest BCUT2D eigenvalue weighted by Gasteiger charge is -2.12. The third-order valence-electron chi connectivity index (χ3n) is 2.87. The number of rotatable bonds is 6. The number of amides is 1. The molecular formula is C13H17N3O3S2. The molecule has 0 aliphatic carbocycles. The number of nitrogens with one attached hydrogen (secondary N) is 1. The first-order valence-corrected chi connectivity index (χ1v) is 8.17. The molecule has 0 bridgehead atoms. The third kappa shape index (κ3) is 3.51. The first-order valence-electron chi connectivity index (χ1n) is 6.53. The van der Waals surface area contributed by atoms with Gasteiger partial charge in [-0.3, -0.25) is 4.79 Å². The van der Waals surface area contributed by atoms with Crippen molar-refractivity contribution in [3.8, 4) is 0 Å². The minimum atomic E-state index is -1.00. The molecule has 2 aromatic rings. The van der Waals surface area contributed by atoms with Gasteiger partial charge in [0.25, 0.3) is 5.91 Å². The SMILES string of the molecule is CCCC(NC(=O)c1cc2sc(N(C)C)nc2s1)C(=O)O. The number of thiazole rings is 1. The summed E-state index contributed by atoms with van der Waals surface area (Å²) in [4.78, 5) is 30.8. The molecule has 0 aliphatic rings. The summed E-state index contributed by atoms with van der Waals surface area (Å²) < 4.78 is 0.941. The van der Waals surface area contributed by atoms with E-state index in [0.717, 1.165) is 14.7 Å². The molecule has 1 amide bonds. The molecule has 114 valence electrons. The molecule has 21 heavy (non-hydrogen) atoms. The molecule has 1 atom stereocenters. The van der Waals surface area contributed by atoms with E-state index in [1.165, 1.54) is 22.7 Å². The molecule has 0 aliphatic heterocycles. The molecule has 0 saturated carbocycles. The Labute approximate surface area is 130 Å². The maximum atomic E-state index is 12.1. The van der Waals surface area contributed by atoms with E-state index in [2.05, 4.69) is 10.3 Å². The summed E-state index contributed by atoms with van der Waals surface area (Å²) in [5, 5.41) is 12.5. The van der Waals surface area contributed by atoms with Gasteiger partial charge in [0, 0.05) is 14.1 Å². The lowest BCUT2D eigenvalue weighted by atomic mass is 10.1. The van der Waals surface area contributed by atoms with Crippen LogP contribution in [0.3, 0.4) is 0 Å². The van der Waals surface area contributed by atoms with Crippen molar-refractivity contribution in [1.82, 2.24) is 10.3 Å². The minimum Gasteiger partial charge on any atom is -0.480 e. The van der Waals surface area contributed by atoms with E-state index in [0.29, 0.717) is 17.7 Å². The number of hydrogen-bond acceptors (Lipinski definition) is 6. The number of fused-ring (bicyclic) bond motifs is 1. The summed E-state index contributed by atoms with van der Waals surface area (Å²) in [6.45, 7) is 1.88. The molecule has 0 aromatic carbocycles. The van der Waals surface area contributed by atoms with E-state index in [4.69, 9.17) is 5.11 Å². The molecule has 2 aromatic heterocycles. The van der Waals surface area contributed by atoms with Crippen LogP contribution < -0.4 is 10.2 Å². The molecule has 0 fully saturated rings. The van der Waals surface area contributed by atoms with Gasteiger partial charge in [0.2, 0.25) is 0 Å². The lowest BCUT2D eigenvalue weighted by Crippen LogP contribution is -2.40. The van der Waals surface area contributed by atoms with Gasteiger partial charge in [0.05, 0.1) is 9.58 Å². The highest BCUT2D eigenvalue weighted by atomic mass is 32.1. The van der Waals surface area contributed by atoms with Crippen LogP contribution in [0.4, 0.5) is 5.13 Å². The number of aliphatic carboxylic acids is 1. The molecule has 8 heteroatoms. The lowest BCUT2D eigenvalue weighted by molar-refractivity contribution is -0.139. The largest absolute Gasteiger partial charge is 0.480 e. The summed E-state index contributed by atoms with van der Waals surface area (Å²) in [5.74, 6) is -1.35. The summed E-state index contributed by atoms with van der Waals surface area (Å²) in [6, 6.07) is 0.929. The van der Waals surface area contributed by atoms with Crippen molar-refractivity contribution >= 4 is 49.2 Å². The second-order valence-electron chi connectivity index (χ2n) is 4.82. The Morgan fingerprint density at radius 3 is 2.67 bits per heavy atom. The van der Waals surface area contributed by atoms with Crippen molar-refractivity contribution in [1.29, 1.82) is 0 Å². The Hall–Kier alpha value is -1.67. The molecule has 2 N–H and O–H groups in total. The van der Waals surface area contributed by atoms with Crippen LogP contribution in [-0.2, 0) is 4.79 Å². The Kier molecular flexibility index (Phi) is 4.79. The third-order valence-corrected chi connectivity index (χ3v) is 5.19. The maximum Gasteiger partial charge on any atom is 0.326 e. The summed E-state index contributed by atoms with van der Waals surface area (Å²) in [6.07, 6.45) is 1.12. The highest BCUT2D eigenvalue weighted by Crippen LogP contribution is 2.33. The van der Waals surface area contributed by atoms with Crippen LogP contribution in [0, 0.1) is 0 Å². The Balaban J connectivity index is 2.15. The van der Waals surface area contributed by atoms with Crippen molar-refractivity contribution in [3.05, 3.63) is 10.9 Å². The van der Waals surface area contributed by atoms with E-state index in [1.54, 1.807) is 6.07 Å². The smallest absolute Gasteiger partial charge is 0.326 e. The number of carbonyl (C=O) groups excluding carboxylic acids is 1. The maximum absolute atomic E-state index is 12.1. The minimum absolute atomic E-state index is 0.350. The van der Waals surface area contributed by atoms with Gasteiger partial charge in [-0.25, -0.2) is 9.78 Å². The first kappa shape index (κ1) is 15.7. The van der Waals surface area contributed by atoms with E-state index in [1.807, 2.05) is 25.9 Å². The number of aromatic nitrogens is 1. The predicted molar refractivity (Wildman–Crippen MR) is 85.6 cm³/mol. The Morgan fingerprint density at radius 1 is 1.43 bits per heavy atom. The number of thiophene rings is 1. The van der Waals surface area contributed by atoms with Gasteiger partial charge < -0.3 is 15.3 Å². The average molecular weight is 327 g/mol. The second-order valence-corrected chi connectivity index (χ2v) is 6.86. The number of anilines is 1. The van der Waals surface area contributed by atoms with Crippen molar-refractivity contribution in [3.63, 3.8) is 0 Å². The topological polar surface area (TPSA) is 82.5 Å². The normalized spacial score (nSPS) is 12.3. The predicted octanol–water partition coefficient (Wildman–Crippen LogP) is 2.41. The first-order chi connectivity index (χ1) is 9.92. The van der Waals surface area contributed by atoms with Crippen LogP contribution in [0.1, 0.15) is 29.4 Å². The van der Waals surface area contributed by atoms with Crippen molar-refractivity contribution in [2.75, 3.05) is 19.0 Å². The molecule has 2 heterocycles. The fraction of sp³-hybridized carbons (Fsp3) is 0.462. The highest BCUT2D eigenvalue weighted by molar-refractivity contribution is 7.29. The standard InChI is InChI=1S/C13H17N3O3S2/c1-4-5-7(12(18)19)14-10(17)8-6-9-11(20-8)15-13(21-9)16(2)3/h6-7H,4-5H2,1-3H3,(H,14,17)(H,18,19). The number of carboxylic acids is 1. The van der Waals surface area contributed by atoms with Gasteiger partial charge in [0.15, 0.2) is 5.13 Å². The van der Waals surface area contributed by atoms with Gasteiger partial charge in [-0.1, -0.05) is 24.7 Å². The van der Waals surface area contributed by atoms with E-state index >= 15 is 0 Å². The van der Waals surface area contributed by atoms with Crippen LogP contribution in [0.25, 0.3) is 9.53 Å². The highest BCUT2D eigenvalue weighted by Gasteiger charge is 2.21. The number of carbonyl (C=O) groups is 2. The van der Waals surface area contributed by atoms with Crippen LogP contribution >= 0.6 is 22.7 Å². The molecule has 2 rings (SSSR count). The zero-order valence-electron chi connectivity index (χ0n) is 12.0. The van der Waals surface area contributed by atoms with Gasteiger partial charge in [-0.2, -0.15) is 0 Å². The molecule has 0 radical (unpaired) electrons. The van der Waals surface area contributed by atoms with E-state index in [-0.39, 0.29) is 5.91 Å². The molecular weight excluding hydrogens is 310 g/mol. The van der Waals surface area contributed by atoms with E-state index < -0.39 is 12.0 Å². The quantitative estimate of drug-likeness (QED) is 0.851. The number of nitrogens with zero attached hydrogens (tertiary/aromatic N) is 2. The van der Waals surface area contributed by atoms with Crippen LogP contribution in [-0.4, -0.2) is 42.1 Å². The Bertz CT molecular complexity index is 631. The summed E-state index contributed by atoms with van der Waals surface area (Å²) in [7, 11) is 3.83. The molecule has 6 nitrogen and oxygen atoms in total. The van der Waals surface area contributed by atoms with Crippen molar-refractivity contribution < 1.29 is 14.7 Å². The zero-order valence-corrected chi connectivity index (χ0v) is 13.7. The molecule has 0 saturated heterocycles. The number of carboxylic acid groups (broad SMARTS) is 1. The second kappa shape index (κ2) is 6.40. The number of hydrogen-bond donors (Lipinski definition) is 2. The van der Waals surface area contributed by atoms with Gasteiger partial charge in [-0.15, -0.1) is 11.3 Å². The summed E-state index contributed by atoms with van der Waals surface area (Å²) >= 11 is 2.79. The molecule has 0 spiro atoms. The summed E-state index contributed by atoms with van der Waals surface area (Å²) in [5.41, 5.74) is 0. The monoisotopic (exact) mass is 327 g/mol. The van der Waals surface area contributed by atoms with Crippen LogP contribution in [0.5, 0.6) is 0 Å². The van der Waals surface area contributed by atoms with E-state index in [9.17, 15) is 9.59 Å².